The Morgan fingerprint density at radius 3 is 0.651 bits per heavy atom. The van der Waals surface area contributed by atoms with Gasteiger partial charge in [0.2, 0.25) is 0 Å². The first-order valence-electron chi connectivity index (χ1n) is 12.1. The molecule has 0 aliphatic carbocycles. The van der Waals surface area contributed by atoms with E-state index < -0.39 is 117 Å². The van der Waals surface area contributed by atoms with Crippen LogP contribution in [0.1, 0.15) is 0 Å². The monoisotopic (exact) mass is 686 g/mol. The van der Waals surface area contributed by atoms with Crippen LogP contribution in [0.25, 0.3) is 0 Å². The number of aliphatic hydroxyl groups is 12. The number of hydrogen-bond acceptors (Lipinski definition) is 17. The van der Waals surface area contributed by atoms with Crippen LogP contribution in [0.3, 0.4) is 0 Å². The molecular formula is C20H48O21P2. The van der Waals surface area contributed by atoms with Crippen LogP contribution in [0.15, 0.2) is 0 Å². The summed E-state index contributed by atoms with van der Waals surface area (Å²) in [5.41, 5.74) is -4.80. The highest BCUT2D eigenvalue weighted by molar-refractivity contribution is 7.60. The molecule has 0 heterocycles. The highest BCUT2D eigenvalue weighted by Gasteiger charge is 2.35. The molecule has 0 aliphatic rings. The van der Waals surface area contributed by atoms with Gasteiger partial charge in [-0.1, -0.05) is 0 Å². The minimum atomic E-state index is -5.05. The Bertz CT molecular complexity index is 676. The predicted molar refractivity (Wildman–Crippen MR) is 142 cm³/mol. The van der Waals surface area contributed by atoms with Crippen LogP contribution in [0, 0.1) is 21.7 Å². The number of hydrogen-bond donors (Lipinski definition) is 16. The van der Waals surface area contributed by atoms with Crippen molar-refractivity contribution in [2.45, 2.75) is 0 Å². The molecule has 23 heteroatoms. The zero-order valence-corrected chi connectivity index (χ0v) is 25.2. The van der Waals surface area contributed by atoms with Crippen LogP contribution in [0.5, 0.6) is 0 Å². The lowest BCUT2D eigenvalue weighted by atomic mass is 9.90. The van der Waals surface area contributed by atoms with Crippen molar-refractivity contribution < 1.29 is 104 Å². The molecule has 0 spiro atoms. The highest BCUT2D eigenvalue weighted by atomic mass is 31.3. The normalized spacial score (nSPS) is 13.2. The van der Waals surface area contributed by atoms with Crippen LogP contribution in [0.2, 0.25) is 0 Å². The predicted octanol–water partition coefficient (Wildman–Crippen LogP) is -6.95. The summed E-state index contributed by atoms with van der Waals surface area (Å²) in [6, 6.07) is 0. The molecule has 0 amide bonds. The van der Waals surface area contributed by atoms with Gasteiger partial charge in [0.05, 0.1) is 127 Å². The Balaban J connectivity index is -0.000000722. The second kappa shape index (κ2) is 23.1. The first-order valence-corrected chi connectivity index (χ1v) is 15.2. The fourth-order valence-electron chi connectivity index (χ4n) is 2.25. The molecule has 0 fully saturated rings. The molecule has 0 unspecified atom stereocenters. The van der Waals surface area contributed by atoms with Crippen molar-refractivity contribution in [3.63, 3.8) is 0 Å². The zero-order valence-electron chi connectivity index (χ0n) is 23.4. The molecule has 43 heavy (non-hydrogen) atoms. The lowest BCUT2D eigenvalue weighted by Crippen LogP contribution is -2.45. The van der Waals surface area contributed by atoms with Gasteiger partial charge < -0.3 is 90.3 Å². The summed E-state index contributed by atoms with van der Waals surface area (Å²) < 4.78 is 32.9. The number of rotatable bonds is 22. The molecule has 0 radical (unpaired) electrons. The van der Waals surface area contributed by atoms with Crippen LogP contribution in [-0.2, 0) is 22.9 Å². The summed E-state index contributed by atoms with van der Waals surface area (Å²) in [6.45, 7) is -6.45. The Labute approximate surface area is 247 Å². The average Bonchev–Trinajstić information content (AvgIpc) is 2.97. The summed E-state index contributed by atoms with van der Waals surface area (Å²) >= 11 is 0. The van der Waals surface area contributed by atoms with Crippen molar-refractivity contribution in [2.24, 2.45) is 21.7 Å². The third-order valence-corrected chi connectivity index (χ3v) is 7.57. The Morgan fingerprint density at radius 1 is 0.349 bits per heavy atom. The molecule has 0 rings (SSSR count). The van der Waals surface area contributed by atoms with Crippen LogP contribution >= 0.6 is 15.6 Å². The topological polar surface area (TPSA) is 386 Å². The lowest BCUT2D eigenvalue weighted by Gasteiger charge is -2.34. The molecule has 0 aromatic heterocycles. The van der Waals surface area contributed by atoms with E-state index in [1.807, 2.05) is 0 Å². The summed E-state index contributed by atoms with van der Waals surface area (Å²) in [4.78, 5) is 31.0. The van der Waals surface area contributed by atoms with Gasteiger partial charge in [-0.05, 0) is 0 Å². The molecule has 0 bridgehead atoms. The largest absolute Gasteiger partial charge is 0.478 e. The second-order valence-electron chi connectivity index (χ2n) is 9.95. The van der Waals surface area contributed by atoms with Crippen molar-refractivity contribution in [1.29, 1.82) is 0 Å². The maximum Gasteiger partial charge on any atom is 0.478 e. The van der Waals surface area contributed by atoms with E-state index in [1.165, 1.54) is 0 Å². The van der Waals surface area contributed by atoms with Gasteiger partial charge in [-0.25, -0.2) is 9.13 Å². The lowest BCUT2D eigenvalue weighted by molar-refractivity contribution is -0.127. The molecule has 0 saturated carbocycles. The third kappa shape index (κ3) is 19.7. The molecule has 0 aromatic rings. The number of aliphatic hydroxyl groups excluding tert-OH is 12. The van der Waals surface area contributed by atoms with E-state index in [0.717, 1.165) is 0 Å². The van der Waals surface area contributed by atoms with Gasteiger partial charge in [0, 0.05) is 0 Å². The summed E-state index contributed by atoms with van der Waals surface area (Å²) in [5, 5.41) is 109. The highest BCUT2D eigenvalue weighted by Crippen LogP contribution is 2.53. The quantitative estimate of drug-likeness (QED) is 0.0470. The van der Waals surface area contributed by atoms with Crippen molar-refractivity contribution in [3.8, 4) is 0 Å². The van der Waals surface area contributed by atoms with Gasteiger partial charge in [0.1, 0.15) is 0 Å². The van der Waals surface area contributed by atoms with Gasteiger partial charge >= 0.3 is 15.6 Å². The Hall–Kier alpha value is -0.300. The van der Waals surface area contributed by atoms with Gasteiger partial charge in [0.25, 0.3) is 0 Å². The van der Waals surface area contributed by atoms with Gasteiger partial charge in [-0.15, -0.1) is 0 Å². The average molecular weight is 687 g/mol. The maximum atomic E-state index is 9.63. The fraction of sp³-hybridized carbons (Fsp3) is 1.00. The van der Waals surface area contributed by atoms with E-state index >= 15 is 0 Å². The van der Waals surface area contributed by atoms with Crippen molar-refractivity contribution >= 4 is 15.6 Å². The minimum Gasteiger partial charge on any atom is -0.396 e. The number of phosphoric acid groups is 2. The third-order valence-electron chi connectivity index (χ3n) is 5.87. The van der Waals surface area contributed by atoms with Crippen molar-refractivity contribution in [1.82, 2.24) is 0 Å². The van der Waals surface area contributed by atoms with Crippen molar-refractivity contribution in [3.05, 3.63) is 0 Å². The molecule has 21 nitrogen and oxygen atoms in total. The fourth-order valence-corrected chi connectivity index (χ4v) is 3.36. The second-order valence-corrected chi connectivity index (χ2v) is 12.6. The zero-order chi connectivity index (χ0) is 34.4. The van der Waals surface area contributed by atoms with E-state index in [-0.39, 0.29) is 26.4 Å². The van der Waals surface area contributed by atoms with Crippen LogP contribution in [-0.4, -0.2) is 187 Å². The van der Waals surface area contributed by atoms with Gasteiger partial charge in [0.15, 0.2) is 0 Å². The smallest absolute Gasteiger partial charge is 0.396 e. The first-order chi connectivity index (χ1) is 19.8. The SMILES string of the molecule is O=P(O)(O)OP(=O)(O)O.OCC(CO)(CO)CO.OCC(CO)(CO)COCC(CO)(CO)COCC(CO)(CO)CO. The summed E-state index contributed by atoms with van der Waals surface area (Å²) in [5.74, 6) is 0. The molecule has 0 aliphatic heterocycles. The van der Waals surface area contributed by atoms with E-state index in [4.69, 9.17) is 49.5 Å². The summed E-state index contributed by atoms with van der Waals surface area (Å²) in [6.07, 6.45) is 0. The minimum absolute atomic E-state index is 0.188. The summed E-state index contributed by atoms with van der Waals surface area (Å²) in [7, 11) is -10.1. The molecule has 16 N–H and O–H groups in total. The Morgan fingerprint density at radius 2 is 0.535 bits per heavy atom. The standard InChI is InChI=1S/C15H32O10.C5H12O4.H4O7P2/c16-1-13(2-17,3-18)9-24-11-15(7-22,8-23)12-25-10-14(4-19,5-20)6-21;6-1-5(2-7,3-8)4-9;1-8(2,3)7-9(4,5)6/h16-23H,1-12H2;6-9H,1-4H2;(H2,1,2,3)(H2,4,5,6). The Kier molecular flexibility index (Phi) is 25.3. The molecule has 264 valence electrons. The van der Waals surface area contributed by atoms with Crippen LogP contribution in [0.4, 0.5) is 0 Å². The first kappa shape index (κ1) is 47.1. The molecular weight excluding hydrogens is 638 g/mol. The maximum absolute atomic E-state index is 9.63. The number of ether oxygens (including phenoxy) is 2. The van der Waals surface area contributed by atoms with E-state index in [0.29, 0.717) is 0 Å². The molecule has 0 atom stereocenters. The van der Waals surface area contributed by atoms with E-state index in [9.17, 15) is 50.0 Å². The van der Waals surface area contributed by atoms with Crippen LogP contribution < -0.4 is 0 Å². The molecule has 0 aromatic carbocycles. The van der Waals surface area contributed by atoms with Gasteiger partial charge in [-0.2, -0.15) is 4.31 Å². The van der Waals surface area contributed by atoms with E-state index in [2.05, 4.69) is 4.31 Å². The molecule has 0 saturated heterocycles. The van der Waals surface area contributed by atoms with Gasteiger partial charge in [-0.3, -0.25) is 0 Å². The van der Waals surface area contributed by atoms with E-state index in [1.54, 1.807) is 0 Å². The van der Waals surface area contributed by atoms with Crippen molar-refractivity contribution in [2.75, 3.05) is 106 Å².